The van der Waals surface area contributed by atoms with Gasteiger partial charge in [-0.3, -0.25) is 4.79 Å². The summed E-state index contributed by atoms with van der Waals surface area (Å²) in [6.07, 6.45) is 3.01. The summed E-state index contributed by atoms with van der Waals surface area (Å²) in [5.41, 5.74) is 1.01. The second-order valence-electron chi connectivity index (χ2n) is 3.62. The van der Waals surface area contributed by atoms with E-state index in [2.05, 4.69) is 25.6 Å². The summed E-state index contributed by atoms with van der Waals surface area (Å²) >= 11 is 0. The van der Waals surface area contributed by atoms with E-state index >= 15 is 0 Å². The first-order chi connectivity index (χ1) is 9.63. The molecule has 20 heavy (non-hydrogen) atoms. The van der Waals surface area contributed by atoms with Gasteiger partial charge in [0.2, 0.25) is 0 Å². The monoisotopic (exact) mass is 279 g/mol. The molecule has 0 aromatic carbocycles. The molecule has 0 unspecified atom stereocenters. The minimum atomic E-state index is -0.403. The molecule has 1 heterocycles. The molecule has 0 bridgehead atoms. The van der Waals surface area contributed by atoms with Gasteiger partial charge in [-0.05, 0) is 13.8 Å². The fourth-order valence-corrected chi connectivity index (χ4v) is 1.42. The first kappa shape index (κ1) is 15.5. The molecular weight excluding hydrogens is 262 g/mol. The van der Waals surface area contributed by atoms with Crippen molar-refractivity contribution in [2.45, 2.75) is 20.5 Å². The number of nitrogens with one attached hydrogen (secondary N) is 1. The van der Waals surface area contributed by atoms with Gasteiger partial charge in [-0.15, -0.1) is 0 Å². The molecule has 1 rings (SSSR count). The van der Waals surface area contributed by atoms with Crippen molar-refractivity contribution >= 4 is 17.8 Å². The Kier molecular flexibility index (Phi) is 6.08. The smallest absolute Gasteiger partial charge is 0.273 e. The Hall–Kier alpha value is -2.51. The molecule has 1 aromatic heterocycles. The second kappa shape index (κ2) is 7.82. The van der Waals surface area contributed by atoms with Crippen molar-refractivity contribution in [2.75, 3.05) is 14.2 Å². The highest BCUT2D eigenvalue weighted by Crippen LogP contribution is 2.10. The van der Waals surface area contributed by atoms with Crippen LogP contribution in [0.15, 0.2) is 16.5 Å². The Labute approximate surface area is 116 Å². The zero-order chi connectivity index (χ0) is 15.0. The van der Waals surface area contributed by atoms with Crippen LogP contribution in [0.5, 0.6) is 0 Å². The summed E-state index contributed by atoms with van der Waals surface area (Å²) in [4.78, 5) is 29.9. The van der Waals surface area contributed by atoms with E-state index in [1.807, 2.05) is 0 Å². The molecule has 0 atom stereocenters. The number of rotatable bonds is 6. The molecule has 0 fully saturated rings. The lowest BCUT2D eigenvalue weighted by Crippen LogP contribution is -2.30. The van der Waals surface area contributed by atoms with Crippen molar-refractivity contribution in [3.05, 3.63) is 23.3 Å². The average molecular weight is 279 g/mol. The number of likely N-dealkylation sites (N-methyl/N-ethyl adjacent to an activating group) is 1. The maximum atomic E-state index is 11.8. The topological polar surface area (TPSA) is 98.1 Å². The van der Waals surface area contributed by atoms with Gasteiger partial charge in [-0.1, -0.05) is 10.3 Å². The van der Waals surface area contributed by atoms with Crippen LogP contribution in [0.1, 0.15) is 24.0 Å². The number of carbonyl (C=O) groups is 1. The number of hydrogen-bond donors (Lipinski definition) is 1. The second-order valence-corrected chi connectivity index (χ2v) is 3.62. The van der Waals surface area contributed by atoms with Crippen molar-refractivity contribution in [2.24, 2.45) is 10.3 Å². The standard InChI is InChI=1S/C12H17N5O3/c1-5-15-20-7-10-9(6-14-8(2)16-10)11(17-19-4)12(18)13-3/h5-6H,7H2,1-4H3,(H,13,18)/b15-5?,17-11+. The van der Waals surface area contributed by atoms with Gasteiger partial charge < -0.3 is 15.0 Å². The molecule has 1 aromatic rings. The number of hydrogen-bond acceptors (Lipinski definition) is 7. The van der Waals surface area contributed by atoms with Crippen LogP contribution in [0.3, 0.4) is 0 Å². The summed E-state index contributed by atoms with van der Waals surface area (Å²) in [5.74, 6) is 0.154. The van der Waals surface area contributed by atoms with Crippen LogP contribution in [0, 0.1) is 6.92 Å². The van der Waals surface area contributed by atoms with Gasteiger partial charge in [0.05, 0.1) is 11.3 Å². The quantitative estimate of drug-likeness (QED) is 0.600. The SMILES string of the molecule is CC=NOCc1nc(C)ncc1/C(=N\OC)C(=O)NC. The van der Waals surface area contributed by atoms with Crippen LogP contribution in [0.2, 0.25) is 0 Å². The lowest BCUT2D eigenvalue weighted by atomic mass is 10.1. The van der Waals surface area contributed by atoms with Gasteiger partial charge in [0.1, 0.15) is 12.9 Å². The van der Waals surface area contributed by atoms with E-state index in [1.165, 1.54) is 26.6 Å². The average Bonchev–Trinajstić information content (AvgIpc) is 2.45. The fourth-order valence-electron chi connectivity index (χ4n) is 1.42. The molecule has 0 aliphatic carbocycles. The first-order valence-corrected chi connectivity index (χ1v) is 5.90. The molecule has 8 heteroatoms. The minimum absolute atomic E-state index is 0.0779. The highest BCUT2D eigenvalue weighted by atomic mass is 16.6. The molecule has 1 N–H and O–H groups in total. The van der Waals surface area contributed by atoms with Crippen molar-refractivity contribution in [1.82, 2.24) is 15.3 Å². The summed E-state index contributed by atoms with van der Waals surface area (Å²) in [6.45, 7) is 3.57. The van der Waals surface area contributed by atoms with Crippen LogP contribution in [-0.4, -0.2) is 42.0 Å². The third-order valence-corrected chi connectivity index (χ3v) is 2.25. The summed E-state index contributed by atoms with van der Waals surface area (Å²) < 4.78 is 0. The van der Waals surface area contributed by atoms with E-state index < -0.39 is 5.91 Å². The lowest BCUT2D eigenvalue weighted by Gasteiger charge is -2.09. The zero-order valence-corrected chi connectivity index (χ0v) is 11.9. The van der Waals surface area contributed by atoms with Gasteiger partial charge >= 0.3 is 0 Å². The van der Waals surface area contributed by atoms with E-state index in [1.54, 1.807) is 13.8 Å². The minimum Gasteiger partial charge on any atom is -0.398 e. The zero-order valence-electron chi connectivity index (χ0n) is 11.9. The fraction of sp³-hybridized carbons (Fsp3) is 0.417. The molecule has 0 spiro atoms. The molecule has 8 nitrogen and oxygen atoms in total. The molecule has 1 amide bonds. The van der Waals surface area contributed by atoms with Gasteiger partial charge in [0.25, 0.3) is 5.91 Å². The number of oxime groups is 2. The molecule has 0 aliphatic heterocycles. The normalized spacial score (nSPS) is 11.5. The largest absolute Gasteiger partial charge is 0.398 e. The van der Waals surface area contributed by atoms with Crippen LogP contribution >= 0.6 is 0 Å². The van der Waals surface area contributed by atoms with Crippen LogP contribution in [-0.2, 0) is 21.1 Å². The third kappa shape index (κ3) is 4.01. The van der Waals surface area contributed by atoms with E-state index in [4.69, 9.17) is 9.68 Å². The predicted octanol–water partition coefficient (Wildman–Crippen LogP) is 0.404. The Balaban J connectivity index is 3.19. The van der Waals surface area contributed by atoms with Gasteiger partial charge in [-0.25, -0.2) is 9.97 Å². The maximum Gasteiger partial charge on any atom is 0.273 e. The van der Waals surface area contributed by atoms with Crippen LogP contribution in [0.25, 0.3) is 0 Å². The van der Waals surface area contributed by atoms with Crippen LogP contribution < -0.4 is 5.32 Å². The Bertz CT molecular complexity index is 528. The molecule has 0 radical (unpaired) electrons. The lowest BCUT2D eigenvalue weighted by molar-refractivity contribution is -0.114. The van der Waals surface area contributed by atoms with Gasteiger partial charge in [-0.2, -0.15) is 0 Å². The molecular formula is C12H17N5O3. The number of aromatic nitrogens is 2. The van der Waals surface area contributed by atoms with Gasteiger partial charge in [0, 0.05) is 19.5 Å². The maximum absolute atomic E-state index is 11.8. The van der Waals surface area contributed by atoms with Crippen molar-refractivity contribution in [3.8, 4) is 0 Å². The molecule has 0 saturated carbocycles. The number of amides is 1. The van der Waals surface area contributed by atoms with Crippen molar-refractivity contribution in [3.63, 3.8) is 0 Å². The van der Waals surface area contributed by atoms with E-state index in [0.717, 1.165) is 0 Å². The van der Waals surface area contributed by atoms with Crippen LogP contribution in [0.4, 0.5) is 0 Å². The first-order valence-electron chi connectivity index (χ1n) is 5.90. The molecule has 0 aliphatic rings. The van der Waals surface area contributed by atoms with E-state index in [0.29, 0.717) is 17.1 Å². The summed E-state index contributed by atoms with van der Waals surface area (Å²) in [6, 6.07) is 0. The van der Waals surface area contributed by atoms with Crippen molar-refractivity contribution in [1.29, 1.82) is 0 Å². The third-order valence-electron chi connectivity index (χ3n) is 2.25. The number of aryl methyl sites for hydroxylation is 1. The van der Waals surface area contributed by atoms with Crippen molar-refractivity contribution < 1.29 is 14.5 Å². The Morgan fingerprint density at radius 2 is 2.30 bits per heavy atom. The molecule has 0 saturated heterocycles. The van der Waals surface area contributed by atoms with Gasteiger partial charge in [0.15, 0.2) is 12.3 Å². The van der Waals surface area contributed by atoms with E-state index in [9.17, 15) is 4.79 Å². The highest BCUT2D eigenvalue weighted by molar-refractivity contribution is 6.45. The molecule has 108 valence electrons. The predicted molar refractivity (Wildman–Crippen MR) is 73.3 cm³/mol. The number of carbonyl (C=O) groups excluding carboxylic acids is 1. The highest BCUT2D eigenvalue weighted by Gasteiger charge is 2.19. The Morgan fingerprint density at radius 3 is 2.90 bits per heavy atom. The Morgan fingerprint density at radius 1 is 1.55 bits per heavy atom. The van der Waals surface area contributed by atoms with E-state index in [-0.39, 0.29) is 12.3 Å². The number of nitrogens with zero attached hydrogens (tertiary/aromatic N) is 4. The summed E-state index contributed by atoms with van der Waals surface area (Å²) in [5, 5.41) is 9.85. The summed E-state index contributed by atoms with van der Waals surface area (Å²) in [7, 11) is 2.86.